The maximum Gasteiger partial charge on any atom is 0.251 e. The third kappa shape index (κ3) is 4.19. The number of halogens is 1. The molecule has 2 heterocycles. The molecule has 23 heavy (non-hydrogen) atoms. The number of piperidine rings is 1. The van der Waals surface area contributed by atoms with Crippen LogP contribution in [0.1, 0.15) is 37.0 Å². The van der Waals surface area contributed by atoms with E-state index in [1.807, 2.05) is 19.1 Å². The quantitative estimate of drug-likeness (QED) is 0.762. The highest BCUT2D eigenvalue weighted by Crippen LogP contribution is 2.35. The van der Waals surface area contributed by atoms with Crippen molar-refractivity contribution in [3.63, 3.8) is 0 Å². The highest BCUT2D eigenvalue weighted by molar-refractivity contribution is 8.00. The number of anilines is 1. The summed E-state index contributed by atoms with van der Waals surface area (Å²) < 4.78 is 0. The Morgan fingerprint density at radius 2 is 2.13 bits per heavy atom. The molecular weight excluding hydrogens is 334 g/mol. The number of hydrogen-bond acceptors (Lipinski definition) is 4. The zero-order valence-corrected chi connectivity index (χ0v) is 14.9. The summed E-state index contributed by atoms with van der Waals surface area (Å²) in [7, 11) is 0. The van der Waals surface area contributed by atoms with Crippen molar-refractivity contribution < 1.29 is 9.59 Å². The predicted octanol–water partition coefficient (Wildman–Crippen LogP) is 2.41. The van der Waals surface area contributed by atoms with Crippen LogP contribution in [0.5, 0.6) is 0 Å². The van der Waals surface area contributed by atoms with E-state index in [1.54, 1.807) is 6.07 Å². The normalized spacial score (nSPS) is 26.5. The van der Waals surface area contributed by atoms with Crippen molar-refractivity contribution in [3.8, 4) is 0 Å². The Morgan fingerprint density at radius 1 is 1.35 bits per heavy atom. The minimum absolute atomic E-state index is 0. The first kappa shape index (κ1) is 18.1. The van der Waals surface area contributed by atoms with Gasteiger partial charge < -0.3 is 16.0 Å². The fourth-order valence-electron chi connectivity index (χ4n) is 2.88. The van der Waals surface area contributed by atoms with Crippen LogP contribution in [-0.2, 0) is 4.79 Å². The molecule has 3 atom stereocenters. The van der Waals surface area contributed by atoms with Gasteiger partial charge in [-0.15, -0.1) is 24.2 Å². The van der Waals surface area contributed by atoms with Gasteiger partial charge in [-0.2, -0.15) is 0 Å². The van der Waals surface area contributed by atoms with E-state index in [1.165, 1.54) is 11.8 Å². The largest absolute Gasteiger partial charge is 0.349 e. The third-order valence-electron chi connectivity index (χ3n) is 4.13. The highest BCUT2D eigenvalue weighted by Gasteiger charge is 2.25. The third-order valence-corrected chi connectivity index (χ3v) is 5.31. The average molecular weight is 356 g/mol. The van der Waals surface area contributed by atoms with Gasteiger partial charge in [0.2, 0.25) is 5.91 Å². The van der Waals surface area contributed by atoms with Gasteiger partial charge >= 0.3 is 0 Å². The van der Waals surface area contributed by atoms with Crippen molar-refractivity contribution in [2.75, 3.05) is 11.9 Å². The summed E-state index contributed by atoms with van der Waals surface area (Å²) >= 11 is 1.52. The summed E-state index contributed by atoms with van der Waals surface area (Å²) in [6, 6.07) is 6.15. The number of thioether (sulfide) groups is 1. The lowest BCUT2D eigenvalue weighted by atomic mass is 10.00. The zero-order chi connectivity index (χ0) is 15.7. The second-order valence-corrected chi connectivity index (χ2v) is 7.39. The first-order valence-electron chi connectivity index (χ1n) is 7.69. The van der Waals surface area contributed by atoms with Crippen LogP contribution in [0, 0.1) is 0 Å². The molecule has 1 aromatic rings. The minimum atomic E-state index is -0.0941. The molecule has 0 bridgehead atoms. The van der Waals surface area contributed by atoms with E-state index >= 15 is 0 Å². The average Bonchev–Trinajstić information content (AvgIpc) is 2.48. The number of fused-ring (bicyclic) bond motifs is 1. The topological polar surface area (TPSA) is 70.2 Å². The van der Waals surface area contributed by atoms with E-state index in [9.17, 15) is 9.59 Å². The number of nitrogens with one attached hydrogen (secondary N) is 3. The molecule has 0 spiro atoms. The Balaban J connectivity index is 0.00000192. The Hall–Kier alpha value is -1.24. The van der Waals surface area contributed by atoms with Gasteiger partial charge in [-0.3, -0.25) is 9.59 Å². The Morgan fingerprint density at radius 3 is 2.87 bits per heavy atom. The highest BCUT2D eigenvalue weighted by atomic mass is 35.5. The van der Waals surface area contributed by atoms with Gasteiger partial charge in [0.1, 0.15) is 0 Å². The molecule has 3 unspecified atom stereocenters. The van der Waals surface area contributed by atoms with E-state index in [0.29, 0.717) is 11.6 Å². The zero-order valence-electron chi connectivity index (χ0n) is 13.2. The van der Waals surface area contributed by atoms with E-state index in [2.05, 4.69) is 22.9 Å². The number of benzene rings is 1. The second kappa shape index (κ2) is 7.55. The van der Waals surface area contributed by atoms with Crippen LogP contribution < -0.4 is 16.0 Å². The molecular formula is C16H22ClN3O2S. The molecule has 2 aliphatic heterocycles. The number of rotatable bonds is 2. The molecule has 1 fully saturated rings. The maximum absolute atomic E-state index is 12.4. The monoisotopic (exact) mass is 355 g/mol. The van der Waals surface area contributed by atoms with Crippen molar-refractivity contribution in [2.24, 2.45) is 0 Å². The van der Waals surface area contributed by atoms with Gasteiger partial charge in [0, 0.05) is 22.5 Å². The molecule has 0 aliphatic carbocycles. The molecule has 7 heteroatoms. The lowest BCUT2D eigenvalue weighted by Crippen LogP contribution is -2.46. The standard InChI is InChI=1S/C16H21N3O2S.ClH/c1-9-7-12(5-6-17-9)18-16(21)11-3-4-14-13(8-11)19-15(20)10(2)22-14;/h3-4,8-10,12,17H,5-7H2,1-2H3,(H,18,21)(H,19,20);1H. The van der Waals surface area contributed by atoms with Crippen molar-refractivity contribution in [2.45, 2.75) is 48.9 Å². The maximum atomic E-state index is 12.4. The molecule has 3 rings (SSSR count). The molecule has 0 aromatic heterocycles. The smallest absolute Gasteiger partial charge is 0.251 e. The summed E-state index contributed by atoms with van der Waals surface area (Å²) in [4.78, 5) is 25.2. The molecule has 0 saturated carbocycles. The molecule has 1 saturated heterocycles. The lowest BCUT2D eigenvalue weighted by Gasteiger charge is -2.29. The Labute approximate surface area is 146 Å². The number of carbonyl (C=O) groups excluding carboxylic acids is 2. The molecule has 5 nitrogen and oxygen atoms in total. The van der Waals surface area contributed by atoms with Gasteiger partial charge in [-0.25, -0.2) is 0 Å². The van der Waals surface area contributed by atoms with Crippen molar-refractivity contribution in [1.82, 2.24) is 10.6 Å². The second-order valence-electron chi connectivity index (χ2n) is 6.01. The van der Waals surface area contributed by atoms with Crippen molar-refractivity contribution >= 4 is 41.7 Å². The van der Waals surface area contributed by atoms with Gasteiger partial charge in [-0.05, 0) is 51.4 Å². The van der Waals surface area contributed by atoms with E-state index in [4.69, 9.17) is 0 Å². The van der Waals surface area contributed by atoms with Crippen LogP contribution in [-0.4, -0.2) is 35.7 Å². The van der Waals surface area contributed by atoms with Crippen molar-refractivity contribution in [1.29, 1.82) is 0 Å². The van der Waals surface area contributed by atoms with Crippen molar-refractivity contribution in [3.05, 3.63) is 23.8 Å². The van der Waals surface area contributed by atoms with Crippen LogP contribution >= 0.6 is 24.2 Å². The summed E-state index contributed by atoms with van der Waals surface area (Å²) in [6.45, 7) is 4.94. The van der Waals surface area contributed by atoms with Crippen LogP contribution in [0.2, 0.25) is 0 Å². The fourth-order valence-corrected chi connectivity index (χ4v) is 3.81. The molecule has 2 aliphatic rings. The fraction of sp³-hybridized carbons (Fsp3) is 0.500. The van der Waals surface area contributed by atoms with E-state index < -0.39 is 0 Å². The summed E-state index contributed by atoms with van der Waals surface area (Å²) in [5.74, 6) is -0.0815. The van der Waals surface area contributed by atoms with Gasteiger partial charge in [0.15, 0.2) is 0 Å². The first-order valence-corrected chi connectivity index (χ1v) is 8.56. The predicted molar refractivity (Wildman–Crippen MR) is 95.6 cm³/mol. The van der Waals surface area contributed by atoms with Crippen LogP contribution in [0.25, 0.3) is 0 Å². The molecule has 0 radical (unpaired) electrons. The Bertz CT molecular complexity index is 611. The lowest BCUT2D eigenvalue weighted by molar-refractivity contribution is -0.115. The van der Waals surface area contributed by atoms with Crippen LogP contribution in [0.3, 0.4) is 0 Å². The molecule has 126 valence electrons. The summed E-state index contributed by atoms with van der Waals surface area (Å²) in [5.41, 5.74) is 1.33. The number of amides is 2. The molecule has 3 N–H and O–H groups in total. The minimum Gasteiger partial charge on any atom is -0.349 e. The van der Waals surface area contributed by atoms with Gasteiger partial charge in [0.25, 0.3) is 5.91 Å². The van der Waals surface area contributed by atoms with Crippen LogP contribution in [0.4, 0.5) is 5.69 Å². The first-order chi connectivity index (χ1) is 10.5. The number of hydrogen-bond donors (Lipinski definition) is 3. The van der Waals surface area contributed by atoms with E-state index in [-0.39, 0.29) is 35.5 Å². The molecule has 2 amide bonds. The SMILES string of the molecule is CC1CC(NC(=O)c2ccc3c(c2)NC(=O)C(C)S3)CCN1.Cl. The number of carbonyl (C=O) groups is 2. The van der Waals surface area contributed by atoms with E-state index in [0.717, 1.165) is 30.0 Å². The molecule has 1 aromatic carbocycles. The Kier molecular flexibility index (Phi) is 5.95. The van der Waals surface area contributed by atoms with Crippen LogP contribution in [0.15, 0.2) is 23.1 Å². The van der Waals surface area contributed by atoms with Gasteiger partial charge in [-0.1, -0.05) is 0 Å². The summed E-state index contributed by atoms with van der Waals surface area (Å²) in [5, 5.41) is 9.24. The summed E-state index contributed by atoms with van der Waals surface area (Å²) in [6.07, 6.45) is 1.89. The van der Waals surface area contributed by atoms with Gasteiger partial charge in [0.05, 0.1) is 10.9 Å².